The average molecular weight is 178 g/mol. The molecule has 12 heavy (non-hydrogen) atoms. The summed E-state index contributed by atoms with van der Waals surface area (Å²) in [6, 6.07) is 0. The predicted octanol–water partition coefficient (Wildman–Crippen LogP) is 1.57. The van der Waals surface area contributed by atoms with E-state index < -0.39 is 0 Å². The molecule has 1 saturated heterocycles. The van der Waals surface area contributed by atoms with Crippen LogP contribution in [0.5, 0.6) is 0 Å². The Labute approximate surface area is 76.5 Å². The van der Waals surface area contributed by atoms with Crippen LogP contribution in [0, 0.1) is 5.92 Å². The molecule has 0 spiro atoms. The maximum atomic E-state index is 5.35. The molecule has 76 valence electrons. The molecule has 0 amide bonds. The SMILES string of the molecule is C.COCCOCC1CCOC1.[HH]. The van der Waals surface area contributed by atoms with Gasteiger partial charge in [-0.05, 0) is 6.42 Å². The molecule has 1 aliphatic heterocycles. The standard InChI is InChI=1S/C8H16O3.CH4.H2/c1-9-4-5-11-7-8-2-3-10-6-8;;/h8H,2-7H2,1H3;1H4;1H. The molecular formula is C9H22O3. The number of methoxy groups -OCH3 is 1. The van der Waals surface area contributed by atoms with Crippen molar-refractivity contribution in [1.29, 1.82) is 0 Å². The van der Waals surface area contributed by atoms with Gasteiger partial charge in [-0.3, -0.25) is 0 Å². The summed E-state index contributed by atoms with van der Waals surface area (Å²) < 4.78 is 15.4. The lowest BCUT2D eigenvalue weighted by Crippen LogP contribution is -2.11. The normalized spacial score (nSPS) is 22.2. The quantitative estimate of drug-likeness (QED) is 0.598. The third-order valence-electron chi connectivity index (χ3n) is 1.81. The Hall–Kier alpha value is -0.120. The highest BCUT2D eigenvalue weighted by Gasteiger charge is 2.14. The third kappa shape index (κ3) is 4.70. The van der Waals surface area contributed by atoms with E-state index in [0.717, 1.165) is 26.2 Å². The fourth-order valence-electron chi connectivity index (χ4n) is 1.11. The van der Waals surface area contributed by atoms with E-state index in [0.29, 0.717) is 19.1 Å². The fraction of sp³-hybridized carbons (Fsp3) is 1.00. The van der Waals surface area contributed by atoms with Gasteiger partial charge in [0.05, 0.1) is 26.4 Å². The van der Waals surface area contributed by atoms with E-state index >= 15 is 0 Å². The molecule has 0 N–H and O–H groups in total. The van der Waals surface area contributed by atoms with Crippen LogP contribution in [0.4, 0.5) is 0 Å². The van der Waals surface area contributed by atoms with Gasteiger partial charge in [0, 0.05) is 21.1 Å². The summed E-state index contributed by atoms with van der Waals surface area (Å²) in [7, 11) is 1.68. The molecule has 1 rings (SSSR count). The molecule has 0 radical (unpaired) electrons. The summed E-state index contributed by atoms with van der Waals surface area (Å²) >= 11 is 0. The molecule has 1 aliphatic rings. The molecule has 0 bridgehead atoms. The van der Waals surface area contributed by atoms with Crippen LogP contribution < -0.4 is 0 Å². The summed E-state index contributed by atoms with van der Waals surface area (Å²) in [6.07, 6.45) is 1.15. The second kappa shape index (κ2) is 7.53. The van der Waals surface area contributed by atoms with Crippen LogP contribution in [-0.2, 0) is 14.2 Å². The number of ether oxygens (including phenoxy) is 3. The van der Waals surface area contributed by atoms with Crippen LogP contribution >= 0.6 is 0 Å². The number of rotatable bonds is 5. The minimum absolute atomic E-state index is 0. The Balaban J connectivity index is 0. The highest BCUT2D eigenvalue weighted by Crippen LogP contribution is 2.11. The van der Waals surface area contributed by atoms with Gasteiger partial charge in [-0.15, -0.1) is 0 Å². The monoisotopic (exact) mass is 178 g/mol. The van der Waals surface area contributed by atoms with Crippen LogP contribution in [-0.4, -0.2) is 40.1 Å². The van der Waals surface area contributed by atoms with Crippen molar-refractivity contribution in [2.24, 2.45) is 5.92 Å². The summed E-state index contributed by atoms with van der Waals surface area (Å²) in [6.45, 7) is 3.98. The minimum Gasteiger partial charge on any atom is -0.382 e. The summed E-state index contributed by atoms with van der Waals surface area (Å²) in [4.78, 5) is 0. The van der Waals surface area contributed by atoms with Crippen molar-refractivity contribution in [3.63, 3.8) is 0 Å². The van der Waals surface area contributed by atoms with E-state index in [-0.39, 0.29) is 8.85 Å². The Bertz CT molecular complexity index is 94.9. The average Bonchev–Trinajstić information content (AvgIpc) is 2.50. The first-order valence-corrected chi connectivity index (χ1v) is 4.08. The molecule has 0 aromatic rings. The molecule has 1 unspecified atom stereocenters. The summed E-state index contributed by atoms with van der Waals surface area (Å²) in [5, 5.41) is 0. The smallest absolute Gasteiger partial charge is 0.0700 e. The largest absolute Gasteiger partial charge is 0.382 e. The van der Waals surface area contributed by atoms with Gasteiger partial charge in [-0.2, -0.15) is 0 Å². The molecular weight excluding hydrogens is 156 g/mol. The Morgan fingerprint density at radius 2 is 2.33 bits per heavy atom. The molecule has 0 aliphatic carbocycles. The second-order valence-electron chi connectivity index (χ2n) is 2.80. The van der Waals surface area contributed by atoms with Crippen molar-refractivity contribution in [1.82, 2.24) is 0 Å². The number of hydrogen-bond donors (Lipinski definition) is 0. The number of hydrogen-bond acceptors (Lipinski definition) is 3. The van der Waals surface area contributed by atoms with E-state index in [1.54, 1.807) is 7.11 Å². The zero-order valence-corrected chi connectivity index (χ0v) is 7.04. The van der Waals surface area contributed by atoms with Crippen LogP contribution in [0.25, 0.3) is 0 Å². The first kappa shape index (κ1) is 11.9. The first-order valence-electron chi connectivity index (χ1n) is 4.08. The summed E-state index contributed by atoms with van der Waals surface area (Å²) in [5.74, 6) is 0.617. The van der Waals surface area contributed by atoms with Crippen molar-refractivity contribution >= 4 is 0 Å². The lowest BCUT2D eigenvalue weighted by Gasteiger charge is -2.07. The maximum Gasteiger partial charge on any atom is 0.0700 e. The zero-order chi connectivity index (χ0) is 7.94. The van der Waals surface area contributed by atoms with E-state index in [1.807, 2.05) is 0 Å². The molecule has 3 nitrogen and oxygen atoms in total. The van der Waals surface area contributed by atoms with Crippen molar-refractivity contribution < 1.29 is 15.6 Å². The maximum absolute atomic E-state index is 5.35. The van der Waals surface area contributed by atoms with Gasteiger partial charge in [0.1, 0.15) is 0 Å². The minimum atomic E-state index is 0. The second-order valence-corrected chi connectivity index (χ2v) is 2.80. The molecule has 1 fully saturated rings. The van der Waals surface area contributed by atoms with Gasteiger partial charge in [0.2, 0.25) is 0 Å². The third-order valence-corrected chi connectivity index (χ3v) is 1.81. The molecule has 0 aromatic heterocycles. The van der Waals surface area contributed by atoms with Crippen molar-refractivity contribution in [3.8, 4) is 0 Å². The molecule has 3 heteroatoms. The van der Waals surface area contributed by atoms with Crippen LogP contribution in [0.3, 0.4) is 0 Å². The van der Waals surface area contributed by atoms with Crippen molar-refractivity contribution in [2.75, 3.05) is 40.1 Å². The van der Waals surface area contributed by atoms with Gasteiger partial charge < -0.3 is 14.2 Å². The van der Waals surface area contributed by atoms with Crippen LogP contribution in [0.15, 0.2) is 0 Å². The van der Waals surface area contributed by atoms with Gasteiger partial charge in [0.15, 0.2) is 0 Å². The molecule has 0 saturated carbocycles. The molecule has 1 atom stereocenters. The van der Waals surface area contributed by atoms with Gasteiger partial charge in [-0.25, -0.2) is 0 Å². The zero-order valence-electron chi connectivity index (χ0n) is 7.04. The van der Waals surface area contributed by atoms with E-state index in [4.69, 9.17) is 14.2 Å². The van der Waals surface area contributed by atoms with Crippen LogP contribution in [0.2, 0.25) is 0 Å². The Kier molecular flexibility index (Phi) is 7.45. The van der Waals surface area contributed by atoms with Crippen LogP contribution in [0.1, 0.15) is 15.3 Å². The van der Waals surface area contributed by atoms with E-state index in [2.05, 4.69) is 0 Å². The van der Waals surface area contributed by atoms with Gasteiger partial charge >= 0.3 is 0 Å². The highest BCUT2D eigenvalue weighted by molar-refractivity contribution is 4.62. The highest BCUT2D eigenvalue weighted by atomic mass is 16.5. The van der Waals surface area contributed by atoms with E-state index in [1.165, 1.54) is 0 Å². The molecule has 1 heterocycles. The fourth-order valence-corrected chi connectivity index (χ4v) is 1.11. The van der Waals surface area contributed by atoms with Gasteiger partial charge in [0.25, 0.3) is 0 Å². The Morgan fingerprint density at radius 1 is 1.50 bits per heavy atom. The van der Waals surface area contributed by atoms with Gasteiger partial charge in [-0.1, -0.05) is 7.43 Å². The van der Waals surface area contributed by atoms with E-state index in [9.17, 15) is 0 Å². The molecule has 0 aromatic carbocycles. The predicted molar refractivity (Wildman–Crippen MR) is 50.5 cm³/mol. The first-order chi connectivity index (χ1) is 5.43. The topological polar surface area (TPSA) is 27.7 Å². The lowest BCUT2D eigenvalue weighted by molar-refractivity contribution is 0.0481. The Morgan fingerprint density at radius 3 is 2.92 bits per heavy atom. The van der Waals surface area contributed by atoms with Crippen molar-refractivity contribution in [2.45, 2.75) is 13.8 Å². The lowest BCUT2D eigenvalue weighted by atomic mass is 10.1. The van der Waals surface area contributed by atoms with Crippen molar-refractivity contribution in [3.05, 3.63) is 0 Å². The summed E-state index contributed by atoms with van der Waals surface area (Å²) in [5.41, 5.74) is 0.